The Kier molecular flexibility index (Phi) is 3.40. The molecule has 0 fully saturated rings. The van der Waals surface area contributed by atoms with E-state index in [1.54, 1.807) is 0 Å². The van der Waals surface area contributed by atoms with E-state index in [1.165, 1.54) is 0 Å². The Morgan fingerprint density at radius 3 is 2.00 bits per heavy atom. The lowest BCUT2D eigenvalue weighted by Crippen LogP contribution is -2.19. The Bertz CT molecular complexity index is 325. The molecule has 0 saturated carbocycles. The minimum absolute atomic E-state index is 0.667. The normalized spacial score (nSPS) is 11.6. The lowest BCUT2D eigenvalue weighted by atomic mass is 9.89. The summed E-state index contributed by atoms with van der Waals surface area (Å²) >= 11 is 0. The summed E-state index contributed by atoms with van der Waals surface area (Å²) in [5.41, 5.74) is 2.35. The summed E-state index contributed by atoms with van der Waals surface area (Å²) in [5.74, 6) is 0.875. The van der Waals surface area contributed by atoms with Gasteiger partial charge >= 0.3 is 0 Å². The molecule has 0 saturated heterocycles. The van der Waals surface area contributed by atoms with Gasteiger partial charge in [0.1, 0.15) is 5.75 Å². The first-order chi connectivity index (χ1) is 6.86. The molecule has 15 heavy (non-hydrogen) atoms. The van der Waals surface area contributed by atoms with Crippen LogP contribution in [0.15, 0.2) is 12.1 Å². The van der Waals surface area contributed by atoms with Crippen molar-refractivity contribution < 1.29 is 9.84 Å². The Hall–Kier alpha value is -1.02. The highest BCUT2D eigenvalue weighted by Gasteiger charge is 2.21. The fraction of sp³-hybridized carbons (Fsp3) is 0.538. The molecule has 1 aromatic rings. The van der Waals surface area contributed by atoms with Crippen molar-refractivity contribution >= 4 is 0 Å². The molecule has 0 spiro atoms. The van der Waals surface area contributed by atoms with E-state index in [0.29, 0.717) is 6.61 Å². The first-order valence-electron chi connectivity index (χ1n) is 5.33. The number of hydrogen-bond donors (Lipinski definition) is 1. The van der Waals surface area contributed by atoms with Crippen LogP contribution in [0.3, 0.4) is 0 Å². The maximum atomic E-state index is 10.0. The fourth-order valence-electron chi connectivity index (χ4n) is 2.14. The predicted molar refractivity (Wildman–Crippen MR) is 62.3 cm³/mol. The van der Waals surface area contributed by atoms with E-state index >= 15 is 0 Å². The SMILES string of the molecule is CCOc1cc(C)c(C(C)(C)O)c(C)c1. The molecule has 0 amide bonds. The number of ether oxygens (including phenoxy) is 1. The molecule has 0 aliphatic heterocycles. The average Bonchev–Trinajstić information content (AvgIpc) is 1.99. The van der Waals surface area contributed by atoms with Crippen LogP contribution in [0.2, 0.25) is 0 Å². The van der Waals surface area contributed by atoms with Crippen molar-refractivity contribution in [1.29, 1.82) is 0 Å². The van der Waals surface area contributed by atoms with Crippen molar-refractivity contribution in [2.75, 3.05) is 6.61 Å². The monoisotopic (exact) mass is 208 g/mol. The average molecular weight is 208 g/mol. The quantitative estimate of drug-likeness (QED) is 0.827. The van der Waals surface area contributed by atoms with E-state index in [1.807, 2.05) is 46.8 Å². The van der Waals surface area contributed by atoms with Gasteiger partial charge in [0.2, 0.25) is 0 Å². The third kappa shape index (κ3) is 2.72. The van der Waals surface area contributed by atoms with Crippen molar-refractivity contribution in [2.45, 2.75) is 40.2 Å². The number of rotatable bonds is 3. The maximum absolute atomic E-state index is 10.0. The smallest absolute Gasteiger partial charge is 0.119 e. The molecule has 0 aliphatic rings. The summed E-state index contributed by atoms with van der Waals surface area (Å²) in [4.78, 5) is 0. The summed E-state index contributed by atoms with van der Waals surface area (Å²) in [5, 5.41) is 10.0. The lowest BCUT2D eigenvalue weighted by molar-refractivity contribution is 0.0772. The summed E-state index contributed by atoms with van der Waals surface area (Å²) < 4.78 is 5.45. The van der Waals surface area contributed by atoms with E-state index < -0.39 is 5.60 Å². The number of benzene rings is 1. The Morgan fingerprint density at radius 2 is 1.67 bits per heavy atom. The Balaban J connectivity index is 3.22. The second-order valence-electron chi connectivity index (χ2n) is 4.42. The number of aliphatic hydroxyl groups is 1. The molecule has 0 atom stereocenters. The van der Waals surface area contributed by atoms with Crippen molar-refractivity contribution in [3.63, 3.8) is 0 Å². The van der Waals surface area contributed by atoms with Crippen LogP contribution in [0.25, 0.3) is 0 Å². The van der Waals surface area contributed by atoms with Crippen LogP contribution in [0.4, 0.5) is 0 Å². The number of hydrogen-bond acceptors (Lipinski definition) is 2. The van der Waals surface area contributed by atoms with Crippen LogP contribution in [-0.2, 0) is 5.60 Å². The third-order valence-electron chi connectivity index (χ3n) is 2.43. The zero-order valence-corrected chi connectivity index (χ0v) is 10.2. The molecule has 1 aromatic carbocycles. The zero-order valence-electron chi connectivity index (χ0n) is 10.2. The second-order valence-corrected chi connectivity index (χ2v) is 4.42. The second kappa shape index (κ2) is 4.23. The molecule has 0 bridgehead atoms. The minimum atomic E-state index is -0.793. The van der Waals surface area contributed by atoms with Gasteiger partial charge in [-0.05, 0) is 63.4 Å². The maximum Gasteiger partial charge on any atom is 0.119 e. The first-order valence-corrected chi connectivity index (χ1v) is 5.33. The van der Waals surface area contributed by atoms with Crippen LogP contribution in [0.1, 0.15) is 37.5 Å². The molecule has 1 rings (SSSR count). The highest BCUT2D eigenvalue weighted by molar-refractivity contribution is 5.43. The predicted octanol–water partition coefficient (Wildman–Crippen LogP) is 2.93. The van der Waals surface area contributed by atoms with Gasteiger partial charge in [0.25, 0.3) is 0 Å². The summed E-state index contributed by atoms with van der Waals surface area (Å²) in [6.45, 7) is 10.3. The van der Waals surface area contributed by atoms with Gasteiger partial charge in [0, 0.05) is 0 Å². The van der Waals surface area contributed by atoms with Gasteiger partial charge in [-0.2, -0.15) is 0 Å². The van der Waals surface area contributed by atoms with Crippen LogP contribution in [-0.4, -0.2) is 11.7 Å². The Morgan fingerprint density at radius 1 is 1.20 bits per heavy atom. The molecule has 2 heteroatoms. The summed E-state index contributed by atoms with van der Waals surface area (Å²) in [6.07, 6.45) is 0. The fourth-order valence-corrected chi connectivity index (χ4v) is 2.14. The molecule has 0 aromatic heterocycles. The van der Waals surface area contributed by atoms with Gasteiger partial charge in [0.15, 0.2) is 0 Å². The Labute approximate surface area is 91.9 Å². The molecule has 0 heterocycles. The molecular formula is C13H20O2. The largest absolute Gasteiger partial charge is 0.494 e. The lowest BCUT2D eigenvalue weighted by Gasteiger charge is -2.23. The summed E-state index contributed by atoms with van der Waals surface area (Å²) in [7, 11) is 0. The van der Waals surface area contributed by atoms with Crippen molar-refractivity contribution in [3.05, 3.63) is 28.8 Å². The van der Waals surface area contributed by atoms with Crippen LogP contribution >= 0.6 is 0 Å². The first kappa shape index (κ1) is 12.1. The van der Waals surface area contributed by atoms with Crippen molar-refractivity contribution in [2.24, 2.45) is 0 Å². The molecule has 84 valence electrons. The molecule has 0 unspecified atom stereocenters. The topological polar surface area (TPSA) is 29.5 Å². The van der Waals surface area contributed by atoms with E-state index in [-0.39, 0.29) is 0 Å². The van der Waals surface area contributed by atoms with E-state index in [0.717, 1.165) is 22.4 Å². The van der Waals surface area contributed by atoms with E-state index in [4.69, 9.17) is 4.74 Å². The van der Waals surface area contributed by atoms with Gasteiger partial charge in [0.05, 0.1) is 12.2 Å². The highest BCUT2D eigenvalue weighted by atomic mass is 16.5. The zero-order chi connectivity index (χ0) is 11.6. The molecule has 0 aliphatic carbocycles. The van der Waals surface area contributed by atoms with Gasteiger partial charge in [-0.25, -0.2) is 0 Å². The standard InChI is InChI=1S/C13H20O2/c1-6-15-11-7-9(2)12(10(3)8-11)13(4,5)14/h7-8,14H,6H2,1-5H3. The van der Waals surface area contributed by atoms with Gasteiger partial charge in [-0.1, -0.05) is 0 Å². The summed E-state index contributed by atoms with van der Waals surface area (Å²) in [6, 6.07) is 3.95. The molecule has 2 nitrogen and oxygen atoms in total. The highest BCUT2D eigenvalue weighted by Crippen LogP contribution is 2.30. The van der Waals surface area contributed by atoms with Gasteiger partial charge in [-0.15, -0.1) is 0 Å². The van der Waals surface area contributed by atoms with E-state index in [9.17, 15) is 5.11 Å². The van der Waals surface area contributed by atoms with Crippen LogP contribution in [0, 0.1) is 13.8 Å². The van der Waals surface area contributed by atoms with Gasteiger partial charge in [-0.3, -0.25) is 0 Å². The van der Waals surface area contributed by atoms with Crippen LogP contribution < -0.4 is 4.74 Å². The molecule has 0 radical (unpaired) electrons. The van der Waals surface area contributed by atoms with Crippen molar-refractivity contribution in [3.8, 4) is 5.75 Å². The van der Waals surface area contributed by atoms with Crippen LogP contribution in [0.5, 0.6) is 5.75 Å². The molecule has 1 N–H and O–H groups in total. The number of aryl methyl sites for hydroxylation is 2. The van der Waals surface area contributed by atoms with Crippen molar-refractivity contribution in [1.82, 2.24) is 0 Å². The van der Waals surface area contributed by atoms with E-state index in [2.05, 4.69) is 0 Å². The third-order valence-corrected chi connectivity index (χ3v) is 2.43. The molecular weight excluding hydrogens is 188 g/mol. The minimum Gasteiger partial charge on any atom is -0.494 e. The van der Waals surface area contributed by atoms with Gasteiger partial charge < -0.3 is 9.84 Å².